The van der Waals surface area contributed by atoms with Gasteiger partial charge < -0.3 is 5.32 Å². The zero-order chi connectivity index (χ0) is 11.5. The maximum absolute atomic E-state index is 12.5. The molecule has 1 aromatic carbocycles. The van der Waals surface area contributed by atoms with E-state index in [1.807, 2.05) is 0 Å². The van der Waals surface area contributed by atoms with Crippen LogP contribution in [0.15, 0.2) is 18.2 Å². The van der Waals surface area contributed by atoms with Crippen molar-refractivity contribution in [3.8, 4) is 6.07 Å². The van der Waals surface area contributed by atoms with E-state index in [9.17, 15) is 13.2 Å². The molecule has 0 saturated heterocycles. The second kappa shape index (κ2) is 4.45. The first-order chi connectivity index (χ1) is 6.99. The van der Waals surface area contributed by atoms with Crippen molar-refractivity contribution in [2.75, 3.05) is 11.2 Å². The molecule has 0 spiro atoms. The Balaban J connectivity index is 3.21. The van der Waals surface area contributed by atoms with Gasteiger partial charge in [0.2, 0.25) is 0 Å². The summed E-state index contributed by atoms with van der Waals surface area (Å²) in [4.78, 5) is 0. The summed E-state index contributed by atoms with van der Waals surface area (Å²) in [7, 11) is 0. The number of nitrogens with one attached hydrogen (secondary N) is 1. The fourth-order valence-electron chi connectivity index (χ4n) is 1.08. The molecular formula is C9H7F3N2S. The average molecular weight is 232 g/mol. The van der Waals surface area contributed by atoms with Crippen LogP contribution in [0.25, 0.3) is 0 Å². The van der Waals surface area contributed by atoms with Crippen LogP contribution in [0.4, 0.5) is 18.9 Å². The van der Waals surface area contributed by atoms with Crippen molar-refractivity contribution in [2.24, 2.45) is 0 Å². The molecule has 1 aromatic rings. The molecule has 80 valence electrons. The number of benzene rings is 1. The molecule has 0 bridgehead atoms. The Morgan fingerprint density at radius 3 is 2.53 bits per heavy atom. The van der Waals surface area contributed by atoms with Gasteiger partial charge in [-0.1, -0.05) is 0 Å². The van der Waals surface area contributed by atoms with Gasteiger partial charge in [-0.3, -0.25) is 0 Å². The monoisotopic (exact) mass is 232 g/mol. The van der Waals surface area contributed by atoms with Gasteiger partial charge in [-0.25, -0.2) is 0 Å². The van der Waals surface area contributed by atoms with Crippen molar-refractivity contribution < 1.29 is 13.2 Å². The van der Waals surface area contributed by atoms with Crippen molar-refractivity contribution in [3.05, 3.63) is 29.3 Å². The lowest BCUT2D eigenvalue weighted by Crippen LogP contribution is -2.08. The van der Waals surface area contributed by atoms with Crippen molar-refractivity contribution in [3.63, 3.8) is 0 Å². The molecule has 0 atom stereocenters. The fraction of sp³-hybridized carbons (Fsp3) is 0.222. The van der Waals surface area contributed by atoms with E-state index in [4.69, 9.17) is 5.26 Å². The summed E-state index contributed by atoms with van der Waals surface area (Å²) in [6.07, 6.45) is -4.51. The number of nitriles is 1. The molecule has 0 aliphatic carbocycles. The van der Waals surface area contributed by atoms with Crippen molar-refractivity contribution in [1.82, 2.24) is 0 Å². The van der Waals surface area contributed by atoms with Crippen LogP contribution in [0, 0.1) is 11.3 Å². The minimum Gasteiger partial charge on any atom is -0.376 e. The van der Waals surface area contributed by atoms with E-state index in [2.05, 4.69) is 17.9 Å². The summed E-state index contributed by atoms with van der Waals surface area (Å²) in [5.74, 6) is 0.225. The van der Waals surface area contributed by atoms with Gasteiger partial charge in [0.25, 0.3) is 0 Å². The van der Waals surface area contributed by atoms with Crippen LogP contribution >= 0.6 is 12.6 Å². The standard InChI is InChI=1S/C9H7F3N2S/c10-9(11,12)8-3-7(14-5-15)2-1-6(8)4-13/h1-3,14-15H,5H2. The number of nitrogens with zero attached hydrogens (tertiary/aromatic N) is 1. The molecule has 0 aromatic heterocycles. The lowest BCUT2D eigenvalue weighted by Gasteiger charge is -2.11. The normalized spacial score (nSPS) is 10.9. The highest BCUT2D eigenvalue weighted by atomic mass is 32.1. The topological polar surface area (TPSA) is 35.8 Å². The average Bonchev–Trinajstić information content (AvgIpc) is 2.17. The largest absolute Gasteiger partial charge is 0.417 e. The second-order valence-corrected chi connectivity index (χ2v) is 3.02. The SMILES string of the molecule is N#Cc1ccc(NCS)cc1C(F)(F)F. The first-order valence-corrected chi connectivity index (χ1v) is 4.58. The third kappa shape index (κ3) is 2.80. The Morgan fingerprint density at radius 1 is 1.40 bits per heavy atom. The van der Waals surface area contributed by atoms with Crippen LogP contribution in [0.3, 0.4) is 0 Å². The quantitative estimate of drug-likeness (QED) is 0.607. The molecule has 0 saturated carbocycles. The molecule has 15 heavy (non-hydrogen) atoms. The minimum absolute atomic E-state index is 0.225. The number of halogens is 3. The van der Waals surface area contributed by atoms with Crippen LogP contribution in [0.1, 0.15) is 11.1 Å². The molecule has 1 rings (SSSR count). The van der Waals surface area contributed by atoms with Gasteiger partial charge in [0, 0.05) is 5.69 Å². The number of anilines is 1. The predicted molar refractivity (Wildman–Crippen MR) is 53.6 cm³/mol. The summed E-state index contributed by atoms with van der Waals surface area (Å²) in [5, 5.41) is 11.1. The summed E-state index contributed by atoms with van der Waals surface area (Å²) in [6, 6.07) is 4.94. The number of alkyl halides is 3. The van der Waals surface area contributed by atoms with Crippen LogP contribution in [0.5, 0.6) is 0 Å². The Kier molecular flexibility index (Phi) is 3.48. The zero-order valence-electron chi connectivity index (χ0n) is 7.47. The molecule has 0 amide bonds. The maximum Gasteiger partial charge on any atom is 0.417 e. The van der Waals surface area contributed by atoms with Crippen molar-refractivity contribution >= 4 is 18.3 Å². The lowest BCUT2D eigenvalue weighted by molar-refractivity contribution is -0.137. The Labute approximate surface area is 90.1 Å². The van der Waals surface area contributed by atoms with Gasteiger partial charge in [-0.15, -0.1) is 0 Å². The Bertz CT molecular complexity index is 395. The van der Waals surface area contributed by atoms with E-state index in [0.717, 1.165) is 12.1 Å². The molecule has 0 aliphatic rings. The van der Waals surface area contributed by atoms with Gasteiger partial charge in [0.1, 0.15) is 0 Å². The highest BCUT2D eigenvalue weighted by Gasteiger charge is 2.33. The van der Waals surface area contributed by atoms with E-state index in [-0.39, 0.29) is 17.1 Å². The molecule has 1 N–H and O–H groups in total. The van der Waals surface area contributed by atoms with Gasteiger partial charge in [-0.2, -0.15) is 31.1 Å². The number of hydrogen-bond donors (Lipinski definition) is 2. The van der Waals surface area contributed by atoms with Gasteiger partial charge in [-0.05, 0) is 18.2 Å². The molecule has 0 aliphatic heterocycles. The first kappa shape index (κ1) is 11.7. The predicted octanol–water partition coefficient (Wildman–Crippen LogP) is 2.88. The highest BCUT2D eigenvalue weighted by Crippen LogP contribution is 2.33. The molecule has 0 unspecified atom stereocenters. The summed E-state index contributed by atoms with van der Waals surface area (Å²) in [5.41, 5.74) is -1.03. The van der Waals surface area contributed by atoms with Gasteiger partial charge in [0.15, 0.2) is 0 Å². The van der Waals surface area contributed by atoms with Crippen LogP contribution in [0.2, 0.25) is 0 Å². The summed E-state index contributed by atoms with van der Waals surface area (Å²) >= 11 is 3.83. The maximum atomic E-state index is 12.5. The third-order valence-corrected chi connectivity index (χ3v) is 1.89. The lowest BCUT2D eigenvalue weighted by atomic mass is 10.1. The highest BCUT2D eigenvalue weighted by molar-refractivity contribution is 7.80. The second-order valence-electron chi connectivity index (χ2n) is 2.70. The van der Waals surface area contributed by atoms with E-state index in [1.54, 1.807) is 0 Å². The Hall–Kier alpha value is -1.35. The van der Waals surface area contributed by atoms with Crippen molar-refractivity contribution in [2.45, 2.75) is 6.18 Å². The van der Waals surface area contributed by atoms with Gasteiger partial charge in [0.05, 0.1) is 23.1 Å². The minimum atomic E-state index is -4.51. The number of thiol groups is 1. The molecule has 0 radical (unpaired) electrons. The smallest absolute Gasteiger partial charge is 0.376 e. The molecule has 6 heteroatoms. The van der Waals surface area contributed by atoms with Crippen LogP contribution in [-0.2, 0) is 6.18 Å². The van der Waals surface area contributed by atoms with E-state index < -0.39 is 11.7 Å². The summed E-state index contributed by atoms with van der Waals surface area (Å²) in [6.45, 7) is 0. The van der Waals surface area contributed by atoms with E-state index in [1.165, 1.54) is 12.1 Å². The third-order valence-electron chi connectivity index (χ3n) is 1.73. The van der Waals surface area contributed by atoms with Crippen LogP contribution in [-0.4, -0.2) is 5.88 Å². The number of hydrogen-bond acceptors (Lipinski definition) is 3. The first-order valence-electron chi connectivity index (χ1n) is 3.95. The summed E-state index contributed by atoms with van der Waals surface area (Å²) < 4.78 is 37.4. The molecule has 2 nitrogen and oxygen atoms in total. The fourth-order valence-corrected chi connectivity index (χ4v) is 1.26. The van der Waals surface area contributed by atoms with E-state index >= 15 is 0 Å². The molecular weight excluding hydrogens is 225 g/mol. The molecule has 0 fully saturated rings. The van der Waals surface area contributed by atoms with Crippen LogP contribution < -0.4 is 5.32 Å². The number of rotatable bonds is 2. The molecule has 0 heterocycles. The van der Waals surface area contributed by atoms with E-state index in [0.29, 0.717) is 0 Å². The van der Waals surface area contributed by atoms with Gasteiger partial charge >= 0.3 is 6.18 Å². The zero-order valence-corrected chi connectivity index (χ0v) is 8.36. The van der Waals surface area contributed by atoms with Crippen molar-refractivity contribution in [1.29, 1.82) is 5.26 Å². The Morgan fingerprint density at radius 2 is 2.07 bits per heavy atom.